The van der Waals surface area contributed by atoms with E-state index in [2.05, 4.69) is 26.9 Å². The summed E-state index contributed by atoms with van der Waals surface area (Å²) in [6.45, 7) is 6.20. The molecule has 2 aromatic heterocycles. The second-order valence-corrected chi connectivity index (χ2v) is 7.99. The molecule has 0 saturated carbocycles. The molecule has 2 fully saturated rings. The summed E-state index contributed by atoms with van der Waals surface area (Å²) in [4.78, 5) is 24.2. The number of hydrogen-bond donors (Lipinski definition) is 0. The van der Waals surface area contributed by atoms with Gasteiger partial charge in [0.05, 0.1) is 24.9 Å². The van der Waals surface area contributed by atoms with E-state index in [0.29, 0.717) is 18.7 Å². The summed E-state index contributed by atoms with van der Waals surface area (Å²) in [5.41, 5.74) is 1.68. The van der Waals surface area contributed by atoms with E-state index in [-0.39, 0.29) is 18.1 Å². The van der Waals surface area contributed by atoms with Crippen molar-refractivity contribution in [2.75, 3.05) is 52.9 Å². The van der Waals surface area contributed by atoms with Crippen molar-refractivity contribution in [3.05, 3.63) is 48.0 Å². The Bertz CT molecular complexity index is 811. The van der Waals surface area contributed by atoms with Gasteiger partial charge in [-0.25, -0.2) is 0 Å². The standard InChI is InChI=1S/C21H30N6O2/c1-24-8-3-9-26(11-10-24)16-19-20(18-14-23-25(2)15-18)27(12-13-29-19)21(28)17-4-6-22-7-5-17/h4-7,14-15,19-20H,3,8-13,16H2,1-2H3. The number of likely N-dealkylation sites (N-methyl/N-ethyl adjacent to an activating group) is 1. The number of rotatable bonds is 4. The number of nitrogens with zero attached hydrogens (tertiary/aromatic N) is 6. The summed E-state index contributed by atoms with van der Waals surface area (Å²) in [6, 6.07) is 3.40. The molecule has 2 aliphatic heterocycles. The van der Waals surface area contributed by atoms with E-state index in [0.717, 1.165) is 44.7 Å². The Hall–Kier alpha value is -2.29. The van der Waals surface area contributed by atoms with Crippen molar-refractivity contribution >= 4 is 5.91 Å². The zero-order valence-electron chi connectivity index (χ0n) is 17.3. The van der Waals surface area contributed by atoms with E-state index in [9.17, 15) is 4.79 Å². The topological polar surface area (TPSA) is 66.7 Å². The lowest BCUT2D eigenvalue weighted by Gasteiger charge is -2.42. The van der Waals surface area contributed by atoms with Crippen LogP contribution in [-0.2, 0) is 11.8 Å². The van der Waals surface area contributed by atoms with Crippen molar-refractivity contribution in [2.45, 2.75) is 18.6 Å². The number of morpholine rings is 1. The van der Waals surface area contributed by atoms with Crippen molar-refractivity contribution in [2.24, 2.45) is 7.05 Å². The van der Waals surface area contributed by atoms with Crippen molar-refractivity contribution in [3.63, 3.8) is 0 Å². The number of carbonyl (C=O) groups excluding carboxylic acids is 1. The first-order valence-corrected chi connectivity index (χ1v) is 10.3. The van der Waals surface area contributed by atoms with Gasteiger partial charge in [-0.2, -0.15) is 5.10 Å². The molecule has 29 heavy (non-hydrogen) atoms. The lowest BCUT2D eigenvalue weighted by Crippen LogP contribution is -2.52. The van der Waals surface area contributed by atoms with E-state index < -0.39 is 0 Å². The Kier molecular flexibility index (Phi) is 6.22. The van der Waals surface area contributed by atoms with Crippen molar-refractivity contribution in [1.82, 2.24) is 29.5 Å². The van der Waals surface area contributed by atoms with Gasteiger partial charge >= 0.3 is 0 Å². The highest BCUT2D eigenvalue weighted by molar-refractivity contribution is 5.94. The van der Waals surface area contributed by atoms with Crippen LogP contribution in [-0.4, -0.2) is 94.4 Å². The summed E-state index contributed by atoms with van der Waals surface area (Å²) >= 11 is 0. The summed E-state index contributed by atoms with van der Waals surface area (Å²) in [5, 5.41) is 4.36. The minimum absolute atomic E-state index is 0.0187. The molecule has 0 spiro atoms. The van der Waals surface area contributed by atoms with E-state index >= 15 is 0 Å². The van der Waals surface area contributed by atoms with Crippen molar-refractivity contribution < 1.29 is 9.53 Å². The Morgan fingerprint density at radius 1 is 1.14 bits per heavy atom. The lowest BCUT2D eigenvalue weighted by molar-refractivity contribution is -0.0723. The molecule has 4 heterocycles. The van der Waals surface area contributed by atoms with Gasteiger partial charge < -0.3 is 14.5 Å². The number of hydrogen-bond acceptors (Lipinski definition) is 6. The molecular formula is C21H30N6O2. The largest absolute Gasteiger partial charge is 0.373 e. The average Bonchev–Trinajstić information content (AvgIpc) is 3.06. The first kappa shape index (κ1) is 20.0. The molecule has 0 aromatic carbocycles. The van der Waals surface area contributed by atoms with Gasteiger partial charge in [0.2, 0.25) is 0 Å². The minimum atomic E-state index is -0.154. The van der Waals surface area contributed by atoms with E-state index in [1.54, 1.807) is 29.2 Å². The van der Waals surface area contributed by atoms with E-state index in [4.69, 9.17) is 4.74 Å². The number of aryl methyl sites for hydroxylation is 1. The SMILES string of the molecule is CN1CCCN(CC2OCCN(C(=O)c3ccncc3)C2c2cnn(C)c2)CC1. The van der Waals surface area contributed by atoms with Gasteiger partial charge in [0.15, 0.2) is 0 Å². The van der Waals surface area contributed by atoms with Gasteiger partial charge in [-0.1, -0.05) is 0 Å². The monoisotopic (exact) mass is 398 g/mol. The van der Waals surface area contributed by atoms with Crippen LogP contribution in [0.5, 0.6) is 0 Å². The maximum absolute atomic E-state index is 13.3. The van der Waals surface area contributed by atoms with Crippen LogP contribution in [0.25, 0.3) is 0 Å². The summed E-state index contributed by atoms with van der Waals surface area (Å²) in [5.74, 6) is 0.0187. The van der Waals surface area contributed by atoms with Gasteiger partial charge in [0.25, 0.3) is 5.91 Å². The highest BCUT2D eigenvalue weighted by Crippen LogP contribution is 2.31. The molecule has 2 saturated heterocycles. The summed E-state index contributed by atoms with van der Waals surface area (Å²) in [7, 11) is 4.08. The molecule has 0 aliphatic carbocycles. The van der Waals surface area contributed by atoms with Crippen LogP contribution in [0.4, 0.5) is 0 Å². The second kappa shape index (κ2) is 9.02. The van der Waals surface area contributed by atoms with Crippen LogP contribution in [0.3, 0.4) is 0 Å². The Morgan fingerprint density at radius 2 is 1.97 bits per heavy atom. The molecule has 2 atom stereocenters. The predicted octanol–water partition coefficient (Wildman–Crippen LogP) is 1.03. The highest BCUT2D eigenvalue weighted by Gasteiger charge is 2.38. The molecule has 2 aliphatic rings. The molecule has 0 N–H and O–H groups in total. The Morgan fingerprint density at radius 3 is 2.72 bits per heavy atom. The summed E-state index contributed by atoms with van der Waals surface area (Å²) < 4.78 is 8.03. The first-order valence-electron chi connectivity index (χ1n) is 10.3. The molecule has 8 heteroatoms. The van der Waals surface area contributed by atoms with Crippen LogP contribution in [0.1, 0.15) is 28.4 Å². The van der Waals surface area contributed by atoms with Crippen LogP contribution in [0.15, 0.2) is 36.9 Å². The van der Waals surface area contributed by atoms with Crippen molar-refractivity contribution in [1.29, 1.82) is 0 Å². The van der Waals surface area contributed by atoms with Gasteiger partial charge in [0.1, 0.15) is 0 Å². The van der Waals surface area contributed by atoms with Crippen LogP contribution >= 0.6 is 0 Å². The van der Waals surface area contributed by atoms with Gasteiger partial charge in [-0.3, -0.25) is 19.4 Å². The lowest BCUT2D eigenvalue weighted by atomic mass is 9.99. The molecule has 156 valence electrons. The molecule has 1 amide bonds. The minimum Gasteiger partial charge on any atom is -0.373 e. The van der Waals surface area contributed by atoms with E-state index in [1.165, 1.54) is 0 Å². The van der Waals surface area contributed by atoms with Gasteiger partial charge in [0, 0.05) is 62.9 Å². The smallest absolute Gasteiger partial charge is 0.254 e. The van der Waals surface area contributed by atoms with Crippen LogP contribution in [0, 0.1) is 0 Å². The third-order valence-corrected chi connectivity index (χ3v) is 5.86. The third kappa shape index (κ3) is 4.66. The number of carbonyl (C=O) groups is 1. The second-order valence-electron chi connectivity index (χ2n) is 7.99. The normalized spacial score (nSPS) is 24.4. The Labute approximate surface area is 172 Å². The number of amides is 1. The first-order chi connectivity index (χ1) is 14.1. The highest BCUT2D eigenvalue weighted by atomic mass is 16.5. The number of pyridine rings is 1. The van der Waals surface area contributed by atoms with Gasteiger partial charge in [-0.05, 0) is 38.7 Å². The van der Waals surface area contributed by atoms with Crippen LogP contribution < -0.4 is 0 Å². The summed E-state index contributed by atoms with van der Waals surface area (Å²) in [6.07, 6.45) is 8.25. The fourth-order valence-corrected chi connectivity index (χ4v) is 4.30. The fourth-order valence-electron chi connectivity index (χ4n) is 4.30. The Balaban J connectivity index is 1.58. The predicted molar refractivity (Wildman–Crippen MR) is 110 cm³/mol. The maximum Gasteiger partial charge on any atom is 0.254 e. The van der Waals surface area contributed by atoms with Crippen molar-refractivity contribution in [3.8, 4) is 0 Å². The quantitative estimate of drug-likeness (QED) is 0.767. The zero-order chi connectivity index (χ0) is 20.2. The van der Waals surface area contributed by atoms with Crippen LogP contribution in [0.2, 0.25) is 0 Å². The molecule has 4 rings (SSSR count). The molecule has 0 bridgehead atoms. The maximum atomic E-state index is 13.3. The van der Waals surface area contributed by atoms with Gasteiger partial charge in [-0.15, -0.1) is 0 Å². The molecule has 8 nitrogen and oxygen atoms in total. The average molecular weight is 399 g/mol. The number of ether oxygens (including phenoxy) is 1. The molecule has 2 aromatic rings. The third-order valence-electron chi connectivity index (χ3n) is 5.86. The molecule has 2 unspecified atom stereocenters. The zero-order valence-corrected chi connectivity index (χ0v) is 17.3. The molecule has 0 radical (unpaired) electrons. The fraction of sp³-hybridized carbons (Fsp3) is 0.571. The number of aromatic nitrogens is 3. The molecular weight excluding hydrogens is 368 g/mol. The van der Waals surface area contributed by atoms with E-state index in [1.807, 2.05) is 24.3 Å².